The monoisotopic (exact) mass is 252 g/mol. The van der Waals surface area contributed by atoms with Crippen LogP contribution in [0.15, 0.2) is 24.3 Å². The molecule has 0 spiro atoms. The topological polar surface area (TPSA) is 59.6 Å². The minimum Gasteiger partial charge on any atom is -0.491 e. The molecular weight excluding hydrogens is 232 g/mol. The van der Waals surface area contributed by atoms with Crippen molar-refractivity contribution in [2.45, 2.75) is 6.92 Å². The van der Waals surface area contributed by atoms with E-state index >= 15 is 0 Å². The molecule has 0 saturated carbocycles. The average Bonchev–Trinajstić information content (AvgIpc) is 2.42. The number of anilines is 1. The van der Waals surface area contributed by atoms with Crippen molar-refractivity contribution >= 4 is 11.6 Å². The quantitative estimate of drug-likeness (QED) is 0.684. The van der Waals surface area contributed by atoms with Crippen LogP contribution >= 0.6 is 0 Å². The van der Waals surface area contributed by atoms with Crippen molar-refractivity contribution in [2.75, 3.05) is 38.7 Å². The van der Waals surface area contributed by atoms with Gasteiger partial charge < -0.3 is 20.1 Å². The van der Waals surface area contributed by atoms with Crippen LogP contribution in [0, 0.1) is 0 Å². The van der Waals surface area contributed by atoms with Gasteiger partial charge in [0.2, 0.25) is 5.91 Å². The fourth-order valence-corrected chi connectivity index (χ4v) is 1.30. The lowest BCUT2D eigenvalue weighted by Gasteiger charge is -2.08. The van der Waals surface area contributed by atoms with Crippen LogP contribution in [0.25, 0.3) is 0 Å². The van der Waals surface area contributed by atoms with Crippen LogP contribution in [0.4, 0.5) is 5.69 Å². The summed E-state index contributed by atoms with van der Waals surface area (Å²) in [5.41, 5.74) is 0.885. The number of ether oxygens (including phenoxy) is 2. The standard InChI is InChI=1S/C13H20N2O3/c1-3-17-8-9-18-12-6-4-11(5-7-12)15-10-13(16)14-2/h4-7,15H,3,8-10H2,1-2H3,(H,14,16). The van der Waals surface area contributed by atoms with Gasteiger partial charge in [-0.05, 0) is 31.2 Å². The first-order chi connectivity index (χ1) is 8.76. The summed E-state index contributed by atoms with van der Waals surface area (Å²) in [5, 5.41) is 5.55. The second-order valence-electron chi connectivity index (χ2n) is 3.60. The van der Waals surface area contributed by atoms with Crippen LogP contribution in [0.3, 0.4) is 0 Å². The predicted octanol–water partition coefficient (Wildman–Crippen LogP) is 1.26. The molecule has 0 aromatic heterocycles. The third-order valence-corrected chi connectivity index (χ3v) is 2.29. The first-order valence-electron chi connectivity index (χ1n) is 6.01. The smallest absolute Gasteiger partial charge is 0.239 e. The minimum absolute atomic E-state index is 0.0490. The number of benzene rings is 1. The Kier molecular flexibility index (Phi) is 6.64. The Hall–Kier alpha value is -1.75. The SMILES string of the molecule is CCOCCOc1ccc(NCC(=O)NC)cc1. The maximum Gasteiger partial charge on any atom is 0.239 e. The Morgan fingerprint density at radius 2 is 1.94 bits per heavy atom. The maximum absolute atomic E-state index is 11.0. The summed E-state index contributed by atoms with van der Waals surface area (Å²) >= 11 is 0. The molecule has 0 aliphatic rings. The van der Waals surface area contributed by atoms with Crippen molar-refractivity contribution in [3.05, 3.63) is 24.3 Å². The molecule has 1 rings (SSSR count). The van der Waals surface area contributed by atoms with E-state index in [1.807, 2.05) is 31.2 Å². The highest BCUT2D eigenvalue weighted by molar-refractivity contribution is 5.80. The third kappa shape index (κ3) is 5.54. The lowest BCUT2D eigenvalue weighted by molar-refractivity contribution is -0.118. The molecule has 5 heteroatoms. The van der Waals surface area contributed by atoms with E-state index in [1.165, 1.54) is 0 Å². The number of hydrogen-bond donors (Lipinski definition) is 2. The zero-order valence-corrected chi connectivity index (χ0v) is 10.9. The second kappa shape index (κ2) is 8.36. The summed E-state index contributed by atoms with van der Waals surface area (Å²) in [6.07, 6.45) is 0. The van der Waals surface area contributed by atoms with Crippen molar-refractivity contribution in [1.82, 2.24) is 5.32 Å². The van der Waals surface area contributed by atoms with Crippen molar-refractivity contribution in [3.63, 3.8) is 0 Å². The molecule has 0 atom stereocenters. The van der Waals surface area contributed by atoms with Crippen molar-refractivity contribution in [1.29, 1.82) is 0 Å². The first kappa shape index (κ1) is 14.3. The molecule has 100 valence electrons. The Bertz CT molecular complexity index is 352. The van der Waals surface area contributed by atoms with E-state index in [4.69, 9.17) is 9.47 Å². The molecule has 0 saturated heterocycles. The van der Waals surface area contributed by atoms with E-state index in [0.29, 0.717) is 19.8 Å². The van der Waals surface area contributed by atoms with E-state index in [-0.39, 0.29) is 12.5 Å². The van der Waals surface area contributed by atoms with Gasteiger partial charge in [-0.2, -0.15) is 0 Å². The normalized spacial score (nSPS) is 9.89. The van der Waals surface area contributed by atoms with Gasteiger partial charge in [-0.15, -0.1) is 0 Å². The van der Waals surface area contributed by atoms with Crippen LogP contribution < -0.4 is 15.4 Å². The van der Waals surface area contributed by atoms with E-state index in [9.17, 15) is 4.79 Å². The van der Waals surface area contributed by atoms with Crippen molar-refractivity contribution in [3.8, 4) is 5.75 Å². The molecule has 1 aromatic carbocycles. The van der Waals surface area contributed by atoms with Crippen LogP contribution in [-0.4, -0.2) is 39.3 Å². The number of amides is 1. The molecule has 18 heavy (non-hydrogen) atoms. The van der Waals surface area contributed by atoms with Gasteiger partial charge in [0.15, 0.2) is 0 Å². The molecule has 0 bridgehead atoms. The zero-order chi connectivity index (χ0) is 13.2. The van der Waals surface area contributed by atoms with Gasteiger partial charge in [0.05, 0.1) is 13.2 Å². The van der Waals surface area contributed by atoms with E-state index < -0.39 is 0 Å². The molecular formula is C13H20N2O3. The summed E-state index contributed by atoms with van der Waals surface area (Å²) in [6, 6.07) is 7.47. The van der Waals surface area contributed by atoms with E-state index in [1.54, 1.807) is 7.05 Å². The average molecular weight is 252 g/mol. The van der Waals surface area contributed by atoms with Crippen LogP contribution in [-0.2, 0) is 9.53 Å². The number of likely N-dealkylation sites (N-methyl/N-ethyl adjacent to an activating group) is 1. The molecule has 1 aromatic rings. The fourth-order valence-electron chi connectivity index (χ4n) is 1.30. The zero-order valence-electron chi connectivity index (χ0n) is 10.9. The minimum atomic E-state index is -0.0490. The molecule has 0 aliphatic carbocycles. The maximum atomic E-state index is 11.0. The first-order valence-corrected chi connectivity index (χ1v) is 6.01. The Balaban J connectivity index is 2.31. The molecule has 2 N–H and O–H groups in total. The summed E-state index contributed by atoms with van der Waals surface area (Å²) in [5.74, 6) is 0.743. The summed E-state index contributed by atoms with van der Waals surface area (Å²) in [6.45, 7) is 4.05. The second-order valence-corrected chi connectivity index (χ2v) is 3.60. The van der Waals surface area contributed by atoms with Gasteiger partial charge in [-0.3, -0.25) is 4.79 Å². The van der Waals surface area contributed by atoms with Crippen LogP contribution in [0.2, 0.25) is 0 Å². The highest BCUT2D eigenvalue weighted by atomic mass is 16.5. The molecule has 0 aliphatic heterocycles. The lowest BCUT2D eigenvalue weighted by atomic mass is 10.3. The Labute approximate surface area is 107 Å². The number of rotatable bonds is 8. The van der Waals surface area contributed by atoms with Gasteiger partial charge in [-0.25, -0.2) is 0 Å². The molecule has 1 amide bonds. The lowest BCUT2D eigenvalue weighted by Crippen LogP contribution is -2.26. The predicted molar refractivity (Wildman–Crippen MR) is 71.0 cm³/mol. The molecule has 0 radical (unpaired) electrons. The largest absolute Gasteiger partial charge is 0.491 e. The van der Waals surface area contributed by atoms with Crippen LogP contribution in [0.1, 0.15) is 6.92 Å². The Morgan fingerprint density at radius 1 is 1.22 bits per heavy atom. The molecule has 0 heterocycles. The summed E-state index contributed by atoms with van der Waals surface area (Å²) in [7, 11) is 1.61. The van der Waals surface area contributed by atoms with Crippen molar-refractivity contribution < 1.29 is 14.3 Å². The molecule has 0 fully saturated rings. The van der Waals surface area contributed by atoms with Gasteiger partial charge in [0.1, 0.15) is 12.4 Å². The van der Waals surface area contributed by atoms with Crippen molar-refractivity contribution in [2.24, 2.45) is 0 Å². The van der Waals surface area contributed by atoms with Gasteiger partial charge >= 0.3 is 0 Å². The van der Waals surface area contributed by atoms with Gasteiger partial charge in [0.25, 0.3) is 0 Å². The Morgan fingerprint density at radius 3 is 2.56 bits per heavy atom. The number of nitrogens with one attached hydrogen (secondary N) is 2. The number of hydrogen-bond acceptors (Lipinski definition) is 4. The summed E-state index contributed by atoms with van der Waals surface area (Å²) in [4.78, 5) is 11.0. The summed E-state index contributed by atoms with van der Waals surface area (Å²) < 4.78 is 10.7. The van der Waals surface area contributed by atoms with Gasteiger partial charge in [0, 0.05) is 19.3 Å². The highest BCUT2D eigenvalue weighted by Crippen LogP contribution is 2.15. The molecule has 0 unspecified atom stereocenters. The van der Waals surface area contributed by atoms with E-state index in [0.717, 1.165) is 11.4 Å². The number of carbonyl (C=O) groups is 1. The number of carbonyl (C=O) groups excluding carboxylic acids is 1. The third-order valence-electron chi connectivity index (χ3n) is 2.29. The van der Waals surface area contributed by atoms with Gasteiger partial charge in [-0.1, -0.05) is 0 Å². The van der Waals surface area contributed by atoms with E-state index in [2.05, 4.69) is 10.6 Å². The molecule has 5 nitrogen and oxygen atoms in total. The van der Waals surface area contributed by atoms with Crippen LogP contribution in [0.5, 0.6) is 5.75 Å². The fraction of sp³-hybridized carbons (Fsp3) is 0.462. The highest BCUT2D eigenvalue weighted by Gasteiger charge is 1.98.